The van der Waals surface area contributed by atoms with Crippen molar-refractivity contribution in [1.29, 1.82) is 0 Å². The molecule has 2 fully saturated rings. The minimum Gasteiger partial charge on any atom is -0.370 e. The van der Waals surface area contributed by atoms with E-state index in [1.807, 2.05) is 17.2 Å². The molecule has 2 aromatic rings. The number of hydrogen-bond donors (Lipinski definition) is 1. The summed E-state index contributed by atoms with van der Waals surface area (Å²) in [6.07, 6.45) is -0.532. The molecule has 2 aliphatic rings. The Balaban J connectivity index is 0.00000306. The Labute approximate surface area is 209 Å². The lowest BCUT2D eigenvalue weighted by atomic mass is 10.0. The second kappa shape index (κ2) is 11.4. The van der Waals surface area contributed by atoms with Crippen LogP contribution in [-0.4, -0.2) is 55.7 Å². The topological polar surface area (TPSA) is 53.0 Å². The van der Waals surface area contributed by atoms with E-state index in [1.54, 1.807) is 13.1 Å². The summed E-state index contributed by atoms with van der Waals surface area (Å²) in [5, 5.41) is 3.34. The number of morpholine rings is 1. The third kappa shape index (κ3) is 6.50. The second-order valence-corrected chi connectivity index (χ2v) is 8.05. The molecule has 0 saturated carbocycles. The number of anilines is 1. The van der Waals surface area contributed by atoms with E-state index in [9.17, 15) is 13.2 Å². The van der Waals surface area contributed by atoms with Crippen molar-refractivity contribution in [2.75, 3.05) is 44.7 Å². The van der Waals surface area contributed by atoms with Crippen molar-refractivity contribution >= 4 is 35.8 Å². The van der Waals surface area contributed by atoms with Crippen LogP contribution in [-0.2, 0) is 17.5 Å². The minimum absolute atomic E-state index is 0. The Morgan fingerprint density at radius 2 is 1.97 bits per heavy atom. The predicted molar refractivity (Wildman–Crippen MR) is 133 cm³/mol. The van der Waals surface area contributed by atoms with Gasteiger partial charge >= 0.3 is 6.18 Å². The van der Waals surface area contributed by atoms with Crippen LogP contribution in [0.4, 0.5) is 19.0 Å². The first-order valence-electron chi connectivity index (χ1n) is 10.9. The molecule has 1 aromatic carbocycles. The van der Waals surface area contributed by atoms with E-state index in [1.165, 1.54) is 18.9 Å². The van der Waals surface area contributed by atoms with Gasteiger partial charge in [-0.3, -0.25) is 4.99 Å². The molecule has 0 amide bonds. The maximum atomic E-state index is 13.1. The number of aromatic nitrogens is 1. The third-order valence-electron chi connectivity index (χ3n) is 5.85. The van der Waals surface area contributed by atoms with Crippen molar-refractivity contribution in [2.24, 2.45) is 4.99 Å². The number of halogens is 4. The van der Waals surface area contributed by atoms with Gasteiger partial charge in [0, 0.05) is 39.4 Å². The van der Waals surface area contributed by atoms with Gasteiger partial charge in [-0.05, 0) is 42.2 Å². The maximum absolute atomic E-state index is 13.1. The van der Waals surface area contributed by atoms with Crippen LogP contribution in [0.25, 0.3) is 0 Å². The van der Waals surface area contributed by atoms with Crippen LogP contribution in [0.15, 0.2) is 47.6 Å². The van der Waals surface area contributed by atoms with Gasteiger partial charge in [-0.15, -0.1) is 24.0 Å². The number of ether oxygens (including phenoxy) is 1. The number of benzene rings is 1. The normalized spacial score (nSPS) is 19.4. The highest BCUT2D eigenvalue weighted by atomic mass is 127. The number of rotatable bonds is 4. The molecule has 10 heteroatoms. The molecule has 0 spiro atoms. The minimum atomic E-state index is -4.37. The summed E-state index contributed by atoms with van der Waals surface area (Å²) in [7, 11) is 1.70. The highest BCUT2D eigenvalue weighted by Gasteiger charge is 2.32. The first-order valence-corrected chi connectivity index (χ1v) is 10.9. The van der Waals surface area contributed by atoms with E-state index >= 15 is 0 Å². The highest BCUT2D eigenvalue weighted by molar-refractivity contribution is 14.0. The molecule has 0 radical (unpaired) electrons. The Morgan fingerprint density at radius 1 is 1.18 bits per heavy atom. The Morgan fingerprint density at radius 3 is 2.64 bits per heavy atom. The largest absolute Gasteiger partial charge is 0.416 e. The molecule has 1 unspecified atom stereocenters. The van der Waals surface area contributed by atoms with Crippen molar-refractivity contribution < 1.29 is 17.9 Å². The fraction of sp³-hybridized carbons (Fsp3) is 0.478. The van der Waals surface area contributed by atoms with Gasteiger partial charge in [0.1, 0.15) is 11.9 Å². The summed E-state index contributed by atoms with van der Waals surface area (Å²) >= 11 is 0. The predicted octanol–water partition coefficient (Wildman–Crippen LogP) is 4.47. The molecular weight excluding hydrogens is 546 g/mol. The van der Waals surface area contributed by atoms with Crippen molar-refractivity contribution in [3.63, 3.8) is 0 Å². The second-order valence-electron chi connectivity index (χ2n) is 8.05. The van der Waals surface area contributed by atoms with Crippen LogP contribution in [0.1, 0.15) is 35.6 Å². The average Bonchev–Trinajstić information content (AvgIpc) is 3.35. The van der Waals surface area contributed by atoms with Crippen LogP contribution >= 0.6 is 24.0 Å². The Kier molecular flexibility index (Phi) is 8.80. The first-order chi connectivity index (χ1) is 15.4. The van der Waals surface area contributed by atoms with E-state index in [4.69, 9.17) is 4.74 Å². The first kappa shape index (κ1) is 25.5. The van der Waals surface area contributed by atoms with Gasteiger partial charge in [-0.2, -0.15) is 13.2 Å². The van der Waals surface area contributed by atoms with Crippen LogP contribution < -0.4 is 10.2 Å². The van der Waals surface area contributed by atoms with Gasteiger partial charge < -0.3 is 19.9 Å². The SMILES string of the molecule is CN=C(NCc1ccc(N2CCCC2)nc1)N1CCOC(c2cccc(C(F)(F)F)c2)C1.I. The average molecular weight is 575 g/mol. The summed E-state index contributed by atoms with van der Waals surface area (Å²) in [5.41, 5.74) is 0.890. The number of hydrogen-bond acceptors (Lipinski definition) is 4. The number of nitrogens with one attached hydrogen (secondary N) is 1. The van der Waals surface area contributed by atoms with Crippen molar-refractivity contribution in [3.05, 3.63) is 59.3 Å². The molecule has 1 atom stereocenters. The van der Waals surface area contributed by atoms with Gasteiger partial charge in [0.05, 0.1) is 18.7 Å². The number of guanidine groups is 1. The third-order valence-corrected chi connectivity index (χ3v) is 5.85. The van der Waals surface area contributed by atoms with Crippen molar-refractivity contribution in [2.45, 2.75) is 31.7 Å². The molecule has 1 aromatic heterocycles. The van der Waals surface area contributed by atoms with Crippen LogP contribution in [0.2, 0.25) is 0 Å². The zero-order valence-electron chi connectivity index (χ0n) is 18.5. The van der Waals surface area contributed by atoms with Crippen LogP contribution in [0.5, 0.6) is 0 Å². The van der Waals surface area contributed by atoms with Crippen molar-refractivity contribution in [1.82, 2.24) is 15.2 Å². The maximum Gasteiger partial charge on any atom is 0.416 e. The van der Waals surface area contributed by atoms with E-state index < -0.39 is 17.8 Å². The molecule has 0 bridgehead atoms. The zero-order valence-corrected chi connectivity index (χ0v) is 20.8. The lowest BCUT2D eigenvalue weighted by molar-refractivity contribution is -0.137. The summed E-state index contributed by atoms with van der Waals surface area (Å²) in [5.74, 6) is 1.70. The monoisotopic (exact) mass is 575 g/mol. The number of alkyl halides is 3. The molecule has 2 aliphatic heterocycles. The summed E-state index contributed by atoms with van der Waals surface area (Å²) in [6, 6.07) is 9.44. The lowest BCUT2D eigenvalue weighted by Crippen LogP contribution is -2.48. The molecule has 0 aliphatic carbocycles. The van der Waals surface area contributed by atoms with E-state index in [0.29, 0.717) is 37.8 Å². The zero-order chi connectivity index (χ0) is 22.6. The Hall–Kier alpha value is -2.08. The van der Waals surface area contributed by atoms with E-state index in [2.05, 4.69) is 26.3 Å². The van der Waals surface area contributed by atoms with Gasteiger partial charge in [-0.25, -0.2) is 4.98 Å². The van der Waals surface area contributed by atoms with Crippen LogP contribution in [0, 0.1) is 0 Å². The van der Waals surface area contributed by atoms with Gasteiger partial charge in [0.25, 0.3) is 0 Å². The number of nitrogens with zero attached hydrogens (tertiary/aromatic N) is 4. The highest BCUT2D eigenvalue weighted by Crippen LogP contribution is 2.32. The molecule has 2 saturated heterocycles. The number of aliphatic imine (C=N–C) groups is 1. The summed E-state index contributed by atoms with van der Waals surface area (Å²) in [4.78, 5) is 13.2. The van der Waals surface area contributed by atoms with Gasteiger partial charge in [-0.1, -0.05) is 18.2 Å². The summed E-state index contributed by atoms with van der Waals surface area (Å²) in [6.45, 7) is 4.12. The Bertz CT molecular complexity index is 932. The smallest absolute Gasteiger partial charge is 0.370 e. The van der Waals surface area contributed by atoms with E-state index in [-0.39, 0.29) is 24.0 Å². The lowest BCUT2D eigenvalue weighted by Gasteiger charge is -2.35. The molecule has 3 heterocycles. The fourth-order valence-corrected chi connectivity index (χ4v) is 4.13. The van der Waals surface area contributed by atoms with Gasteiger partial charge in [0.15, 0.2) is 5.96 Å². The molecule has 1 N–H and O–H groups in total. The van der Waals surface area contributed by atoms with Crippen LogP contribution in [0.3, 0.4) is 0 Å². The fourth-order valence-electron chi connectivity index (χ4n) is 4.13. The van der Waals surface area contributed by atoms with Crippen molar-refractivity contribution in [3.8, 4) is 0 Å². The molecule has 180 valence electrons. The quantitative estimate of drug-likeness (QED) is 0.332. The number of pyridine rings is 1. The van der Waals surface area contributed by atoms with Gasteiger partial charge in [0.2, 0.25) is 0 Å². The summed E-state index contributed by atoms with van der Waals surface area (Å²) < 4.78 is 45.0. The standard InChI is InChI=1S/C23H28F3N5O.HI/c1-27-22(29-15-17-7-8-21(28-14-17)30-9-2-3-10-30)31-11-12-32-20(16-31)18-5-4-6-19(13-18)23(24,25)26;/h4-8,13-14,20H,2-3,9-12,15-16H2,1H3,(H,27,29);1H. The molecule has 6 nitrogen and oxygen atoms in total. The molecule has 4 rings (SSSR count). The molecular formula is C23H29F3IN5O. The van der Waals surface area contributed by atoms with E-state index in [0.717, 1.165) is 36.6 Å². The molecule has 33 heavy (non-hydrogen) atoms.